The third kappa shape index (κ3) is 6.50. The summed E-state index contributed by atoms with van der Waals surface area (Å²) < 4.78 is 0. The van der Waals surface area contributed by atoms with Crippen molar-refractivity contribution in [3.05, 3.63) is 237 Å². The maximum absolute atomic E-state index is 5.49. The summed E-state index contributed by atoms with van der Waals surface area (Å²) in [6, 6.07) is 83.9. The molecule has 0 aliphatic heterocycles. The van der Waals surface area contributed by atoms with Crippen LogP contribution in [0, 0.1) is 0 Å². The Hall–Kier alpha value is -8.53. The van der Waals surface area contributed by atoms with Crippen molar-refractivity contribution in [3.63, 3.8) is 0 Å². The first-order valence-electron chi connectivity index (χ1n) is 21.8. The van der Waals surface area contributed by atoms with E-state index in [9.17, 15) is 0 Å². The van der Waals surface area contributed by atoms with Crippen molar-refractivity contribution in [2.45, 2.75) is 0 Å². The number of pyridine rings is 1. The highest BCUT2D eigenvalue weighted by Crippen LogP contribution is 2.45. The molecule has 0 unspecified atom stereocenters. The molecule has 3 nitrogen and oxygen atoms in total. The SMILES string of the molecule is c1ccc(-c2cccc(-c3nc(-c4ccccc4)nc(-c4cccc(-c5ccccc5)c4)c3-c3ccc(-c4nc5ccccc5c5c6ccccc6c6ccccc6c45)cc3)c2)cc1. The van der Waals surface area contributed by atoms with Crippen molar-refractivity contribution in [2.75, 3.05) is 0 Å². The molecule has 0 saturated carbocycles. The maximum Gasteiger partial charge on any atom is 0.160 e. The molecule has 3 heteroatoms. The van der Waals surface area contributed by atoms with Crippen molar-refractivity contribution in [1.29, 1.82) is 0 Å². The van der Waals surface area contributed by atoms with Gasteiger partial charge in [0.2, 0.25) is 0 Å². The number of para-hydroxylation sites is 1. The summed E-state index contributed by atoms with van der Waals surface area (Å²) in [5.41, 5.74) is 14.2. The first kappa shape index (κ1) is 37.2. The molecule has 0 atom stereocenters. The van der Waals surface area contributed by atoms with E-state index >= 15 is 0 Å². The molecule has 64 heavy (non-hydrogen) atoms. The molecule has 0 bridgehead atoms. The van der Waals surface area contributed by atoms with Crippen LogP contribution in [0.15, 0.2) is 237 Å². The smallest absolute Gasteiger partial charge is 0.160 e. The van der Waals surface area contributed by atoms with Crippen molar-refractivity contribution < 1.29 is 0 Å². The van der Waals surface area contributed by atoms with E-state index in [0.29, 0.717) is 5.82 Å². The van der Waals surface area contributed by atoms with Crippen LogP contribution in [-0.2, 0) is 0 Å². The van der Waals surface area contributed by atoms with E-state index in [1.54, 1.807) is 0 Å². The minimum Gasteiger partial charge on any atom is -0.247 e. The van der Waals surface area contributed by atoms with E-state index in [4.69, 9.17) is 15.0 Å². The fourth-order valence-corrected chi connectivity index (χ4v) is 9.45. The number of nitrogens with zero attached hydrogens (tertiary/aromatic N) is 3. The molecular weight excluding hydrogens is 775 g/mol. The normalized spacial score (nSPS) is 11.4. The third-order valence-corrected chi connectivity index (χ3v) is 12.4. The van der Waals surface area contributed by atoms with Crippen molar-refractivity contribution in [2.24, 2.45) is 0 Å². The van der Waals surface area contributed by atoms with Crippen LogP contribution in [0.1, 0.15) is 0 Å². The Morgan fingerprint density at radius 2 is 0.625 bits per heavy atom. The molecular formula is C61H39N3. The monoisotopic (exact) mass is 813 g/mol. The van der Waals surface area contributed by atoms with Crippen LogP contribution in [0.25, 0.3) is 122 Å². The van der Waals surface area contributed by atoms with Gasteiger partial charge in [0.05, 0.1) is 22.6 Å². The van der Waals surface area contributed by atoms with Crippen LogP contribution < -0.4 is 0 Å². The van der Waals surface area contributed by atoms with Gasteiger partial charge in [0.25, 0.3) is 0 Å². The molecule has 10 aromatic carbocycles. The van der Waals surface area contributed by atoms with Crippen molar-refractivity contribution in [3.8, 4) is 78.5 Å². The van der Waals surface area contributed by atoms with E-state index in [2.05, 4.69) is 218 Å². The first-order chi connectivity index (χ1) is 31.7. The standard InChI is InChI=1S/C61H39N3/c1-4-18-40(19-5-1)45-24-16-26-47(38-45)59-55(60(64-61(63-59)44-22-8-3-9-23-44)48-27-17-25-46(39-48)41-20-6-2-7-21-41)42-34-36-43(37-35-42)58-57-52-31-13-11-29-50(52)49-28-10-12-30-51(49)56(57)53-32-14-15-33-54(53)62-58/h1-39H. The second kappa shape index (κ2) is 15.7. The van der Waals surface area contributed by atoms with Crippen LogP contribution in [0.5, 0.6) is 0 Å². The Morgan fingerprint density at radius 3 is 1.17 bits per heavy atom. The number of hydrogen-bond acceptors (Lipinski definition) is 3. The van der Waals surface area contributed by atoms with E-state index < -0.39 is 0 Å². The largest absolute Gasteiger partial charge is 0.247 e. The van der Waals surface area contributed by atoms with Gasteiger partial charge in [-0.1, -0.05) is 218 Å². The summed E-state index contributed by atoms with van der Waals surface area (Å²) in [5, 5.41) is 8.43. The third-order valence-electron chi connectivity index (χ3n) is 12.4. The average molecular weight is 814 g/mol. The number of rotatable bonds is 7. The molecule has 0 radical (unpaired) electrons. The zero-order valence-corrected chi connectivity index (χ0v) is 34.9. The Morgan fingerprint density at radius 1 is 0.219 bits per heavy atom. The van der Waals surface area contributed by atoms with E-state index in [1.807, 2.05) is 18.2 Å². The molecule has 298 valence electrons. The van der Waals surface area contributed by atoms with Gasteiger partial charge in [-0.3, -0.25) is 0 Å². The molecule has 2 heterocycles. The van der Waals surface area contributed by atoms with Gasteiger partial charge >= 0.3 is 0 Å². The quantitative estimate of drug-likeness (QED) is 0.150. The first-order valence-corrected chi connectivity index (χ1v) is 21.8. The summed E-state index contributed by atoms with van der Waals surface area (Å²) in [4.78, 5) is 16.4. The molecule has 0 saturated heterocycles. The molecule has 0 spiro atoms. The van der Waals surface area contributed by atoms with Crippen molar-refractivity contribution >= 4 is 43.2 Å². The Bertz CT molecular complexity index is 3590. The van der Waals surface area contributed by atoms with Gasteiger partial charge in [0.15, 0.2) is 5.82 Å². The van der Waals surface area contributed by atoms with Crippen LogP contribution in [0.4, 0.5) is 0 Å². The zero-order valence-electron chi connectivity index (χ0n) is 34.9. The summed E-state index contributed by atoms with van der Waals surface area (Å²) in [5.74, 6) is 0.673. The van der Waals surface area contributed by atoms with E-state index in [1.165, 1.54) is 26.9 Å². The minimum atomic E-state index is 0.673. The summed E-state index contributed by atoms with van der Waals surface area (Å²) in [6.45, 7) is 0. The highest BCUT2D eigenvalue weighted by molar-refractivity contribution is 6.33. The van der Waals surface area contributed by atoms with Crippen molar-refractivity contribution in [1.82, 2.24) is 15.0 Å². The minimum absolute atomic E-state index is 0.673. The van der Waals surface area contributed by atoms with Gasteiger partial charge < -0.3 is 0 Å². The molecule has 2 aromatic heterocycles. The van der Waals surface area contributed by atoms with Gasteiger partial charge in [0.1, 0.15) is 0 Å². The lowest BCUT2D eigenvalue weighted by Gasteiger charge is -2.19. The predicted molar refractivity (Wildman–Crippen MR) is 268 cm³/mol. The Balaban J connectivity index is 1.12. The van der Waals surface area contributed by atoms with Gasteiger partial charge in [-0.25, -0.2) is 15.0 Å². The van der Waals surface area contributed by atoms with Gasteiger partial charge in [-0.2, -0.15) is 0 Å². The fraction of sp³-hybridized carbons (Fsp3) is 0. The topological polar surface area (TPSA) is 38.7 Å². The summed E-state index contributed by atoms with van der Waals surface area (Å²) >= 11 is 0. The maximum atomic E-state index is 5.49. The average Bonchev–Trinajstić information content (AvgIpc) is 3.39. The molecule has 0 aliphatic rings. The highest BCUT2D eigenvalue weighted by atomic mass is 14.9. The Labute approximate surface area is 371 Å². The van der Waals surface area contributed by atoms with Gasteiger partial charge in [-0.15, -0.1) is 0 Å². The molecule has 0 N–H and O–H groups in total. The van der Waals surface area contributed by atoms with Gasteiger partial charge in [0, 0.05) is 44.0 Å². The van der Waals surface area contributed by atoms with Crippen LogP contribution in [0.2, 0.25) is 0 Å². The number of aromatic nitrogens is 3. The fourth-order valence-electron chi connectivity index (χ4n) is 9.45. The second-order valence-corrected chi connectivity index (χ2v) is 16.3. The zero-order chi connectivity index (χ0) is 42.4. The van der Waals surface area contributed by atoms with Gasteiger partial charge in [-0.05, 0) is 67.6 Å². The van der Waals surface area contributed by atoms with Crippen LogP contribution >= 0.6 is 0 Å². The number of benzene rings is 10. The molecule has 12 rings (SSSR count). The van der Waals surface area contributed by atoms with Crippen LogP contribution in [0.3, 0.4) is 0 Å². The highest BCUT2D eigenvalue weighted by Gasteiger charge is 2.23. The van der Waals surface area contributed by atoms with Crippen LogP contribution in [-0.4, -0.2) is 15.0 Å². The lowest BCUT2D eigenvalue weighted by atomic mass is 9.89. The second-order valence-electron chi connectivity index (χ2n) is 16.3. The number of hydrogen-bond donors (Lipinski definition) is 0. The molecule has 0 fully saturated rings. The summed E-state index contributed by atoms with van der Waals surface area (Å²) in [6.07, 6.45) is 0. The molecule has 0 amide bonds. The number of fused-ring (bicyclic) bond motifs is 8. The van der Waals surface area contributed by atoms with E-state index in [-0.39, 0.29) is 0 Å². The summed E-state index contributed by atoms with van der Waals surface area (Å²) in [7, 11) is 0. The van der Waals surface area contributed by atoms with E-state index in [0.717, 1.165) is 89.0 Å². The predicted octanol–water partition coefficient (Wildman–Crippen LogP) is 16.2. The molecule has 12 aromatic rings. The molecule has 0 aliphatic carbocycles. The lowest BCUT2D eigenvalue weighted by Crippen LogP contribution is -2.01. The lowest BCUT2D eigenvalue weighted by molar-refractivity contribution is 1.18. The Kier molecular flexibility index (Phi) is 9.16.